The minimum Gasteiger partial charge on any atom is -0.103 e. The van der Waals surface area contributed by atoms with E-state index in [4.69, 9.17) is 0 Å². The molecule has 0 bridgehead atoms. The van der Waals surface area contributed by atoms with E-state index in [-0.39, 0.29) is 0 Å². The van der Waals surface area contributed by atoms with Crippen molar-refractivity contribution in [2.24, 2.45) is 5.92 Å². The Kier molecular flexibility index (Phi) is 9.32. The molecule has 0 spiro atoms. The first kappa shape index (κ1) is 12.6. The molecule has 13 heavy (non-hydrogen) atoms. The lowest BCUT2D eigenvalue weighted by Crippen LogP contribution is -1.94. The van der Waals surface area contributed by atoms with E-state index in [1.165, 1.54) is 19.3 Å². The highest BCUT2D eigenvalue weighted by atomic mass is 14.0. The molecule has 0 N–H and O–H groups in total. The summed E-state index contributed by atoms with van der Waals surface area (Å²) in [6, 6.07) is 0. The lowest BCUT2D eigenvalue weighted by Gasteiger charge is -2.05. The highest BCUT2D eigenvalue weighted by Crippen LogP contribution is 2.10. The molecule has 0 heteroatoms. The van der Waals surface area contributed by atoms with Crippen molar-refractivity contribution in [1.29, 1.82) is 0 Å². The molecule has 0 aromatic heterocycles. The standard InChI is InChI=1S/C13H22/c1-4-7-9-10-12-13(6-3)11-8-5-2/h13H,1-2,4-9,11H2,3H3. The first-order chi connectivity index (χ1) is 6.35. The van der Waals surface area contributed by atoms with Crippen molar-refractivity contribution < 1.29 is 0 Å². The average Bonchev–Trinajstić information content (AvgIpc) is 2.17. The zero-order chi connectivity index (χ0) is 9.94. The second kappa shape index (κ2) is 9.65. The summed E-state index contributed by atoms with van der Waals surface area (Å²) in [7, 11) is 0. The van der Waals surface area contributed by atoms with Crippen molar-refractivity contribution in [3.05, 3.63) is 13.8 Å². The van der Waals surface area contributed by atoms with Gasteiger partial charge in [0.1, 0.15) is 0 Å². The van der Waals surface area contributed by atoms with Crippen molar-refractivity contribution in [2.75, 3.05) is 0 Å². The van der Waals surface area contributed by atoms with Gasteiger partial charge in [-0.1, -0.05) is 46.0 Å². The van der Waals surface area contributed by atoms with Crippen LogP contribution in [0.4, 0.5) is 0 Å². The van der Waals surface area contributed by atoms with E-state index in [9.17, 15) is 0 Å². The third kappa shape index (κ3) is 7.91. The maximum Gasteiger partial charge on any atom is 0.0200 e. The van der Waals surface area contributed by atoms with Gasteiger partial charge in [0.15, 0.2) is 0 Å². The number of unbranched alkanes of at least 4 members (excludes halogenated alkanes) is 3. The Morgan fingerprint density at radius 3 is 2.38 bits per heavy atom. The smallest absolute Gasteiger partial charge is 0.0200 e. The lowest BCUT2D eigenvalue weighted by molar-refractivity contribution is 0.564. The van der Waals surface area contributed by atoms with Gasteiger partial charge in [0.2, 0.25) is 0 Å². The highest BCUT2D eigenvalue weighted by molar-refractivity contribution is 5.03. The third-order valence-electron chi connectivity index (χ3n) is 2.15. The number of hydrogen-bond donors (Lipinski definition) is 0. The Balaban J connectivity index is 3.59. The monoisotopic (exact) mass is 178 g/mol. The molecular weight excluding hydrogens is 156 g/mol. The minimum absolute atomic E-state index is 0.603. The Morgan fingerprint density at radius 1 is 1.15 bits per heavy atom. The van der Waals surface area contributed by atoms with Gasteiger partial charge in [0.05, 0.1) is 0 Å². The molecule has 0 aliphatic carbocycles. The summed E-state index contributed by atoms with van der Waals surface area (Å²) in [5, 5.41) is 0. The zero-order valence-electron chi connectivity index (χ0n) is 8.94. The molecule has 0 aliphatic heterocycles. The molecule has 0 heterocycles. The Bertz CT molecular complexity index is 147. The van der Waals surface area contributed by atoms with E-state index in [0.717, 1.165) is 25.7 Å². The predicted molar refractivity (Wildman–Crippen MR) is 60.0 cm³/mol. The fraction of sp³-hybridized carbons (Fsp3) is 0.692. The minimum atomic E-state index is 0.603. The first-order valence-electron chi connectivity index (χ1n) is 5.42. The van der Waals surface area contributed by atoms with Gasteiger partial charge in [0, 0.05) is 12.3 Å². The van der Waals surface area contributed by atoms with Crippen LogP contribution in [-0.2, 0) is 0 Å². The molecule has 0 saturated carbocycles. The summed E-state index contributed by atoms with van der Waals surface area (Å²) in [5.41, 5.74) is 0. The lowest BCUT2D eigenvalue weighted by atomic mass is 10.00. The molecule has 0 rings (SSSR count). The maximum atomic E-state index is 3.85. The molecular formula is C13H22. The van der Waals surface area contributed by atoms with Gasteiger partial charge < -0.3 is 0 Å². The van der Waals surface area contributed by atoms with Gasteiger partial charge >= 0.3 is 0 Å². The quantitative estimate of drug-likeness (QED) is 0.425. The molecule has 0 saturated heterocycles. The normalized spacial score (nSPS) is 11.9. The van der Waals surface area contributed by atoms with E-state index >= 15 is 0 Å². The van der Waals surface area contributed by atoms with Crippen molar-refractivity contribution in [3.8, 4) is 11.8 Å². The van der Waals surface area contributed by atoms with Crippen LogP contribution in [0, 0.1) is 31.6 Å². The van der Waals surface area contributed by atoms with Crippen LogP contribution >= 0.6 is 0 Å². The molecule has 1 unspecified atom stereocenters. The Morgan fingerprint density at radius 2 is 1.85 bits per heavy atom. The molecule has 0 fully saturated rings. The van der Waals surface area contributed by atoms with Gasteiger partial charge in [-0.15, -0.1) is 5.92 Å². The van der Waals surface area contributed by atoms with Crippen LogP contribution < -0.4 is 0 Å². The topological polar surface area (TPSA) is 0 Å². The summed E-state index contributed by atoms with van der Waals surface area (Å²) in [5.74, 6) is 7.17. The second-order valence-electron chi connectivity index (χ2n) is 3.38. The van der Waals surface area contributed by atoms with Crippen LogP contribution in [0.2, 0.25) is 0 Å². The molecule has 1 atom stereocenters. The van der Waals surface area contributed by atoms with E-state index in [0.29, 0.717) is 5.92 Å². The average molecular weight is 178 g/mol. The molecule has 0 aromatic carbocycles. The van der Waals surface area contributed by atoms with Crippen molar-refractivity contribution in [1.82, 2.24) is 0 Å². The number of hydrogen-bond acceptors (Lipinski definition) is 0. The maximum absolute atomic E-state index is 3.85. The third-order valence-corrected chi connectivity index (χ3v) is 2.15. The second-order valence-corrected chi connectivity index (χ2v) is 3.38. The molecule has 0 aliphatic rings. The molecule has 0 amide bonds. The van der Waals surface area contributed by atoms with Crippen LogP contribution in [0.1, 0.15) is 51.9 Å². The summed E-state index contributed by atoms with van der Waals surface area (Å²) < 4.78 is 0. The van der Waals surface area contributed by atoms with Crippen LogP contribution in [0.5, 0.6) is 0 Å². The highest BCUT2D eigenvalue weighted by Gasteiger charge is 1.99. The van der Waals surface area contributed by atoms with Gasteiger partial charge in [0.25, 0.3) is 0 Å². The SMILES string of the molecule is [CH2]CCCC#CC(CC)CCC[CH2]. The van der Waals surface area contributed by atoms with Crippen LogP contribution in [-0.4, -0.2) is 0 Å². The summed E-state index contributed by atoms with van der Waals surface area (Å²) in [4.78, 5) is 0. The van der Waals surface area contributed by atoms with Crippen molar-refractivity contribution in [3.63, 3.8) is 0 Å². The summed E-state index contributed by atoms with van der Waals surface area (Å²) in [6.45, 7) is 9.85. The molecule has 74 valence electrons. The molecule has 0 nitrogen and oxygen atoms in total. The largest absolute Gasteiger partial charge is 0.103 e. The van der Waals surface area contributed by atoms with Gasteiger partial charge in [-0.2, -0.15) is 0 Å². The van der Waals surface area contributed by atoms with Crippen LogP contribution in [0.15, 0.2) is 0 Å². The summed E-state index contributed by atoms with van der Waals surface area (Å²) >= 11 is 0. The van der Waals surface area contributed by atoms with Crippen LogP contribution in [0.25, 0.3) is 0 Å². The fourth-order valence-corrected chi connectivity index (χ4v) is 1.20. The van der Waals surface area contributed by atoms with Gasteiger partial charge in [-0.05, 0) is 19.3 Å². The van der Waals surface area contributed by atoms with Crippen LogP contribution in [0.3, 0.4) is 0 Å². The molecule has 0 aromatic rings. The Labute approximate surface area is 84.1 Å². The summed E-state index contributed by atoms with van der Waals surface area (Å²) in [6.07, 6.45) is 7.81. The van der Waals surface area contributed by atoms with Gasteiger partial charge in [-0.25, -0.2) is 0 Å². The fourth-order valence-electron chi connectivity index (χ4n) is 1.20. The zero-order valence-corrected chi connectivity index (χ0v) is 8.94. The Hall–Kier alpha value is -0.440. The van der Waals surface area contributed by atoms with E-state index in [1.54, 1.807) is 0 Å². The van der Waals surface area contributed by atoms with Gasteiger partial charge in [-0.3, -0.25) is 0 Å². The first-order valence-corrected chi connectivity index (χ1v) is 5.42. The van der Waals surface area contributed by atoms with E-state index in [2.05, 4.69) is 32.6 Å². The van der Waals surface area contributed by atoms with Crippen molar-refractivity contribution >= 4 is 0 Å². The van der Waals surface area contributed by atoms with Crippen molar-refractivity contribution in [2.45, 2.75) is 51.9 Å². The van der Waals surface area contributed by atoms with E-state index in [1.807, 2.05) is 0 Å². The molecule has 2 radical (unpaired) electrons. The predicted octanol–water partition coefficient (Wildman–Crippen LogP) is 4.02. The van der Waals surface area contributed by atoms with E-state index < -0.39 is 0 Å². The number of rotatable bonds is 6.